The van der Waals surface area contributed by atoms with Crippen molar-refractivity contribution in [1.29, 1.82) is 0 Å². The van der Waals surface area contributed by atoms with Gasteiger partial charge < -0.3 is 20.3 Å². The smallest absolute Gasteiger partial charge is 0.305 e. The number of esters is 1. The first kappa shape index (κ1) is 70.6. The molecule has 0 aliphatic carbocycles. The van der Waals surface area contributed by atoms with Gasteiger partial charge in [0.15, 0.2) is 0 Å². The number of hydrogen-bond acceptors (Lipinski definition) is 5. The Morgan fingerprint density at radius 2 is 0.653 bits per heavy atom. The number of carbonyl (C=O) groups excluding carboxylic acids is 2. The molecule has 2 atom stereocenters. The van der Waals surface area contributed by atoms with Crippen LogP contribution in [-0.2, 0) is 14.3 Å². The van der Waals surface area contributed by atoms with E-state index in [2.05, 4.69) is 31.3 Å². The zero-order chi connectivity index (χ0) is 52.2. The molecular formula is C66H129NO5. The Morgan fingerprint density at radius 3 is 0.986 bits per heavy atom. The maximum Gasteiger partial charge on any atom is 0.305 e. The van der Waals surface area contributed by atoms with Crippen molar-refractivity contribution in [3.8, 4) is 0 Å². The van der Waals surface area contributed by atoms with Crippen LogP contribution in [0.25, 0.3) is 0 Å². The lowest BCUT2D eigenvalue weighted by Crippen LogP contribution is -2.45. The number of unbranched alkanes of at least 4 members (excludes halogenated alkanes) is 49. The SMILES string of the molecule is CCCCCCCCCCCCCCCCC(O)C(CO)NC(=O)CCCCCCCCCCCCCCC/C=C\CCCCCCCCCCCCCCOC(=O)CCCCCCCCCCCCCC. The summed E-state index contributed by atoms with van der Waals surface area (Å²) in [7, 11) is 0. The highest BCUT2D eigenvalue weighted by molar-refractivity contribution is 5.76. The summed E-state index contributed by atoms with van der Waals surface area (Å²) in [6.07, 6.45) is 75.3. The maximum atomic E-state index is 12.5. The highest BCUT2D eigenvalue weighted by Crippen LogP contribution is 2.18. The average molecular weight is 1020 g/mol. The summed E-state index contributed by atoms with van der Waals surface area (Å²) in [4.78, 5) is 24.5. The molecule has 1 amide bonds. The van der Waals surface area contributed by atoms with E-state index in [1.54, 1.807) is 0 Å². The van der Waals surface area contributed by atoms with Gasteiger partial charge in [0.25, 0.3) is 0 Å². The van der Waals surface area contributed by atoms with E-state index in [9.17, 15) is 19.8 Å². The van der Waals surface area contributed by atoms with Crippen LogP contribution < -0.4 is 5.32 Å². The van der Waals surface area contributed by atoms with Crippen LogP contribution >= 0.6 is 0 Å². The lowest BCUT2D eigenvalue weighted by molar-refractivity contribution is -0.143. The lowest BCUT2D eigenvalue weighted by Gasteiger charge is -2.22. The minimum absolute atomic E-state index is 0.0178. The van der Waals surface area contributed by atoms with Crippen molar-refractivity contribution in [2.45, 2.75) is 386 Å². The molecule has 0 rings (SSSR count). The molecule has 0 aromatic carbocycles. The number of aliphatic hydroxyl groups is 2. The Labute approximate surface area is 450 Å². The Balaban J connectivity index is 3.35. The van der Waals surface area contributed by atoms with Gasteiger partial charge in [-0.05, 0) is 51.4 Å². The van der Waals surface area contributed by atoms with Crippen LogP contribution in [0.15, 0.2) is 12.2 Å². The Bertz CT molecular complexity index is 1080. The van der Waals surface area contributed by atoms with Gasteiger partial charge in [-0.3, -0.25) is 9.59 Å². The van der Waals surface area contributed by atoms with E-state index < -0.39 is 12.1 Å². The number of ether oxygens (including phenoxy) is 1. The van der Waals surface area contributed by atoms with Crippen LogP contribution in [-0.4, -0.2) is 47.4 Å². The first-order chi connectivity index (χ1) is 35.5. The monoisotopic (exact) mass is 1020 g/mol. The summed E-state index contributed by atoms with van der Waals surface area (Å²) in [6, 6.07) is -0.539. The molecule has 0 spiro atoms. The van der Waals surface area contributed by atoms with Gasteiger partial charge in [-0.15, -0.1) is 0 Å². The fourth-order valence-electron chi connectivity index (χ4n) is 10.5. The number of nitrogens with one attached hydrogen (secondary N) is 1. The molecule has 6 heteroatoms. The summed E-state index contributed by atoms with van der Waals surface area (Å²) in [5.41, 5.74) is 0. The van der Waals surface area contributed by atoms with Crippen molar-refractivity contribution in [3.05, 3.63) is 12.2 Å². The molecule has 3 N–H and O–H groups in total. The van der Waals surface area contributed by atoms with E-state index in [1.807, 2.05) is 0 Å². The average Bonchev–Trinajstić information content (AvgIpc) is 3.38. The molecule has 0 aliphatic rings. The van der Waals surface area contributed by atoms with E-state index in [1.165, 1.54) is 302 Å². The van der Waals surface area contributed by atoms with Gasteiger partial charge in [0, 0.05) is 12.8 Å². The third-order valence-electron chi connectivity index (χ3n) is 15.6. The molecule has 0 aromatic rings. The van der Waals surface area contributed by atoms with Gasteiger partial charge in [0.1, 0.15) is 0 Å². The molecule has 0 saturated heterocycles. The van der Waals surface area contributed by atoms with E-state index in [0.29, 0.717) is 25.9 Å². The normalized spacial score (nSPS) is 12.6. The van der Waals surface area contributed by atoms with E-state index in [0.717, 1.165) is 38.5 Å². The van der Waals surface area contributed by atoms with Crippen molar-refractivity contribution >= 4 is 11.9 Å². The second-order valence-electron chi connectivity index (χ2n) is 22.8. The minimum atomic E-state index is -0.662. The van der Waals surface area contributed by atoms with Gasteiger partial charge in [0.2, 0.25) is 5.91 Å². The van der Waals surface area contributed by atoms with Crippen molar-refractivity contribution < 1.29 is 24.5 Å². The largest absolute Gasteiger partial charge is 0.466 e. The van der Waals surface area contributed by atoms with E-state index >= 15 is 0 Å². The Hall–Kier alpha value is -1.40. The molecule has 72 heavy (non-hydrogen) atoms. The standard InChI is InChI=1S/C66H129NO5/c1-3-5-7-9-11-13-15-17-35-38-42-46-50-54-58-64(69)63(62-68)67-65(70)59-55-51-47-43-39-36-33-31-29-27-25-23-21-19-18-20-22-24-26-28-30-32-34-37-41-45-49-53-57-61-72-66(71)60-56-52-48-44-40-16-14-12-10-8-6-4-2/h18,20,63-64,68-69H,3-17,19,21-62H2,1-2H3,(H,67,70)/b20-18-. The number of amides is 1. The van der Waals surface area contributed by atoms with Gasteiger partial charge in [0.05, 0.1) is 25.4 Å². The van der Waals surface area contributed by atoms with Crippen molar-refractivity contribution in [2.75, 3.05) is 13.2 Å². The minimum Gasteiger partial charge on any atom is -0.466 e. The van der Waals surface area contributed by atoms with Crippen molar-refractivity contribution in [3.63, 3.8) is 0 Å². The molecular weight excluding hydrogens is 887 g/mol. The lowest BCUT2D eigenvalue weighted by atomic mass is 10.0. The summed E-state index contributed by atoms with van der Waals surface area (Å²) >= 11 is 0. The van der Waals surface area contributed by atoms with E-state index in [-0.39, 0.29) is 18.5 Å². The first-order valence-corrected chi connectivity index (χ1v) is 32.9. The number of allylic oxidation sites excluding steroid dienone is 2. The van der Waals surface area contributed by atoms with Gasteiger partial charge in [-0.2, -0.15) is 0 Å². The number of rotatable bonds is 62. The molecule has 6 nitrogen and oxygen atoms in total. The van der Waals surface area contributed by atoms with Crippen LogP contribution in [0.1, 0.15) is 373 Å². The summed E-state index contributed by atoms with van der Waals surface area (Å²) in [5, 5.41) is 23.3. The van der Waals surface area contributed by atoms with Gasteiger partial charge >= 0.3 is 5.97 Å². The third-order valence-corrected chi connectivity index (χ3v) is 15.6. The molecule has 0 radical (unpaired) electrons. The van der Waals surface area contributed by atoms with Crippen LogP contribution in [0.4, 0.5) is 0 Å². The summed E-state index contributed by atoms with van der Waals surface area (Å²) in [6.45, 7) is 4.98. The number of aliphatic hydroxyl groups excluding tert-OH is 2. The van der Waals surface area contributed by atoms with Crippen molar-refractivity contribution in [2.24, 2.45) is 0 Å². The summed E-state index contributed by atoms with van der Waals surface area (Å²) < 4.78 is 5.48. The molecule has 428 valence electrons. The second kappa shape index (κ2) is 62.1. The third kappa shape index (κ3) is 57.9. The molecule has 0 aromatic heterocycles. The quantitative estimate of drug-likeness (QED) is 0.0320. The van der Waals surface area contributed by atoms with Crippen LogP contribution in [0.3, 0.4) is 0 Å². The molecule has 0 bridgehead atoms. The number of carbonyl (C=O) groups is 2. The molecule has 0 saturated carbocycles. The molecule has 0 aliphatic heterocycles. The topological polar surface area (TPSA) is 95.9 Å². The molecule has 0 fully saturated rings. The van der Waals surface area contributed by atoms with Gasteiger partial charge in [-0.25, -0.2) is 0 Å². The molecule has 2 unspecified atom stereocenters. The molecule has 0 heterocycles. The predicted molar refractivity (Wildman–Crippen MR) is 315 cm³/mol. The highest BCUT2D eigenvalue weighted by Gasteiger charge is 2.20. The van der Waals surface area contributed by atoms with Crippen molar-refractivity contribution in [1.82, 2.24) is 5.32 Å². The fraction of sp³-hybridized carbons (Fsp3) is 0.939. The van der Waals surface area contributed by atoms with Crippen LogP contribution in [0.2, 0.25) is 0 Å². The second-order valence-corrected chi connectivity index (χ2v) is 22.8. The highest BCUT2D eigenvalue weighted by atomic mass is 16.5. The van der Waals surface area contributed by atoms with Crippen LogP contribution in [0, 0.1) is 0 Å². The zero-order valence-electron chi connectivity index (χ0n) is 48.9. The Morgan fingerprint density at radius 1 is 0.375 bits per heavy atom. The van der Waals surface area contributed by atoms with Crippen LogP contribution in [0.5, 0.6) is 0 Å². The first-order valence-electron chi connectivity index (χ1n) is 32.9. The summed E-state index contributed by atoms with van der Waals surface area (Å²) in [5.74, 6) is -0.0138. The van der Waals surface area contributed by atoms with E-state index in [4.69, 9.17) is 4.74 Å². The zero-order valence-corrected chi connectivity index (χ0v) is 48.9. The number of hydrogen-bond donors (Lipinski definition) is 3. The Kier molecular flexibility index (Phi) is 60.9. The predicted octanol–water partition coefficient (Wildman–Crippen LogP) is 20.8. The fourth-order valence-corrected chi connectivity index (χ4v) is 10.5. The van der Waals surface area contributed by atoms with Gasteiger partial charge in [-0.1, -0.05) is 321 Å². The maximum absolute atomic E-state index is 12.5.